The second-order valence-corrected chi connectivity index (χ2v) is 15.1. The first-order valence-electron chi connectivity index (χ1n) is 19.6. The molecule has 0 aliphatic carbocycles. The molecule has 0 N–H and O–H groups in total. The lowest BCUT2D eigenvalue weighted by Gasteiger charge is -2.10. The van der Waals surface area contributed by atoms with Crippen molar-refractivity contribution in [2.24, 2.45) is 0 Å². The highest BCUT2D eigenvalue weighted by Crippen LogP contribution is 2.41. The Morgan fingerprint density at radius 3 is 1.16 bits per heavy atom. The molecule has 13 rings (SSSR count). The van der Waals surface area contributed by atoms with Crippen molar-refractivity contribution in [3.8, 4) is 33.6 Å². The summed E-state index contributed by atoms with van der Waals surface area (Å²) in [7, 11) is 0. The van der Waals surface area contributed by atoms with Crippen LogP contribution in [0.4, 0.5) is 0 Å². The molecule has 0 fully saturated rings. The molecule has 0 atom stereocenters. The van der Waals surface area contributed by atoms with Gasteiger partial charge in [-0.15, -0.1) is 0 Å². The maximum absolute atomic E-state index is 6.44. The van der Waals surface area contributed by atoms with Crippen molar-refractivity contribution in [2.45, 2.75) is 0 Å². The maximum Gasteiger partial charge on any atom is 0.135 e. The number of aromatic nitrogens is 3. The second kappa shape index (κ2) is 11.8. The van der Waals surface area contributed by atoms with E-state index in [4.69, 9.17) is 8.83 Å². The zero-order valence-corrected chi connectivity index (χ0v) is 31.1. The van der Waals surface area contributed by atoms with Gasteiger partial charge in [0.05, 0.1) is 22.1 Å². The first-order valence-corrected chi connectivity index (χ1v) is 19.6. The summed E-state index contributed by atoms with van der Waals surface area (Å²) in [5.41, 5.74) is 14.7. The minimum Gasteiger partial charge on any atom is -0.456 e. The van der Waals surface area contributed by atoms with E-state index in [0.29, 0.717) is 0 Å². The third-order valence-corrected chi connectivity index (χ3v) is 12.0. The van der Waals surface area contributed by atoms with Gasteiger partial charge < -0.3 is 18.0 Å². The lowest BCUT2D eigenvalue weighted by atomic mass is 9.94. The zero-order chi connectivity index (χ0) is 37.9. The Morgan fingerprint density at radius 1 is 0.328 bits per heavy atom. The summed E-state index contributed by atoms with van der Waals surface area (Å²) < 4.78 is 17.6. The summed E-state index contributed by atoms with van der Waals surface area (Å²) in [6.45, 7) is 0. The van der Waals surface area contributed by atoms with Crippen LogP contribution in [-0.4, -0.2) is 14.1 Å². The largest absolute Gasteiger partial charge is 0.456 e. The van der Waals surface area contributed by atoms with Crippen molar-refractivity contribution >= 4 is 87.5 Å². The highest BCUT2D eigenvalue weighted by Gasteiger charge is 2.18. The Kier molecular flexibility index (Phi) is 6.38. The van der Waals surface area contributed by atoms with Crippen molar-refractivity contribution in [1.29, 1.82) is 0 Å². The van der Waals surface area contributed by atoms with Crippen molar-refractivity contribution < 1.29 is 8.83 Å². The summed E-state index contributed by atoms with van der Waals surface area (Å²) in [4.78, 5) is 4.63. The molecule has 5 heterocycles. The van der Waals surface area contributed by atoms with Crippen molar-refractivity contribution in [3.63, 3.8) is 0 Å². The van der Waals surface area contributed by atoms with Gasteiger partial charge in [-0.3, -0.25) is 4.98 Å². The van der Waals surface area contributed by atoms with Crippen molar-refractivity contribution in [3.05, 3.63) is 188 Å². The smallest absolute Gasteiger partial charge is 0.135 e. The van der Waals surface area contributed by atoms with Crippen LogP contribution >= 0.6 is 0 Å². The average molecular weight is 742 g/mol. The average Bonchev–Trinajstić information content (AvgIpc) is 4.03. The van der Waals surface area contributed by atoms with Gasteiger partial charge in [-0.25, -0.2) is 0 Å². The Labute approximate surface area is 331 Å². The second-order valence-electron chi connectivity index (χ2n) is 15.1. The van der Waals surface area contributed by atoms with Gasteiger partial charge in [-0.05, 0) is 108 Å². The molecule has 0 radical (unpaired) electrons. The quantitative estimate of drug-likeness (QED) is 0.180. The molecule has 58 heavy (non-hydrogen) atoms. The molecule has 5 aromatic heterocycles. The van der Waals surface area contributed by atoms with E-state index in [1.165, 1.54) is 43.6 Å². The van der Waals surface area contributed by atoms with E-state index < -0.39 is 0 Å². The van der Waals surface area contributed by atoms with E-state index in [1.54, 1.807) is 0 Å². The van der Waals surface area contributed by atoms with Gasteiger partial charge in [0.25, 0.3) is 0 Å². The van der Waals surface area contributed by atoms with Crippen LogP contribution in [0.5, 0.6) is 0 Å². The predicted octanol–water partition coefficient (Wildman–Crippen LogP) is 14.4. The van der Waals surface area contributed by atoms with Gasteiger partial charge in [0, 0.05) is 72.4 Å². The number of rotatable bonds is 4. The molecule has 8 aromatic carbocycles. The highest BCUT2D eigenvalue weighted by molar-refractivity contribution is 6.13. The predicted molar refractivity (Wildman–Crippen MR) is 238 cm³/mol. The summed E-state index contributed by atoms with van der Waals surface area (Å²) in [5, 5.41) is 9.27. The van der Waals surface area contributed by atoms with Gasteiger partial charge in [0.2, 0.25) is 0 Å². The third kappa shape index (κ3) is 4.44. The fourth-order valence-corrected chi connectivity index (χ4v) is 9.42. The van der Waals surface area contributed by atoms with Crippen LogP contribution in [0.25, 0.3) is 121 Å². The number of nitrogens with zero attached hydrogens (tertiary/aromatic N) is 3. The monoisotopic (exact) mass is 741 g/mol. The molecule has 0 saturated carbocycles. The van der Waals surface area contributed by atoms with Crippen molar-refractivity contribution in [2.75, 3.05) is 0 Å². The molecule has 0 spiro atoms. The van der Waals surface area contributed by atoms with E-state index in [-0.39, 0.29) is 0 Å². The minimum absolute atomic E-state index is 0.855. The number of para-hydroxylation sites is 4. The number of benzene rings is 8. The molecule has 13 aromatic rings. The normalized spacial score (nSPS) is 12.1. The Balaban J connectivity index is 0.948. The fraction of sp³-hybridized carbons (Fsp3) is 0. The number of fused-ring (bicyclic) bond motifs is 12. The number of hydrogen-bond donors (Lipinski definition) is 0. The topological polar surface area (TPSA) is 49.0 Å². The summed E-state index contributed by atoms with van der Waals surface area (Å²) >= 11 is 0. The van der Waals surface area contributed by atoms with Crippen molar-refractivity contribution in [1.82, 2.24) is 14.1 Å². The number of furan rings is 2. The molecule has 0 saturated heterocycles. The molecule has 0 aliphatic rings. The fourth-order valence-electron chi connectivity index (χ4n) is 9.42. The summed E-state index contributed by atoms with van der Waals surface area (Å²) in [5.74, 6) is 0. The Bertz CT molecular complexity index is 3460. The molecule has 0 bridgehead atoms. The van der Waals surface area contributed by atoms with E-state index in [2.05, 4.69) is 190 Å². The van der Waals surface area contributed by atoms with Gasteiger partial charge in [-0.2, -0.15) is 0 Å². The number of hydrogen-bond acceptors (Lipinski definition) is 3. The summed E-state index contributed by atoms with van der Waals surface area (Å²) in [6.07, 6.45) is 3.85. The van der Waals surface area contributed by atoms with Crippen LogP contribution in [0.1, 0.15) is 0 Å². The standard InChI is InChI=1S/C53H31N3O2/c1-5-13-46-37(9-1)38-10-2-6-14-47(38)55(46)34-19-23-52-43(29-34)41-27-32(17-21-50(41)57-52)36-25-26-54-31-45(36)33-18-22-51-42(28-33)44-30-35(20-24-53(44)58-51)56-48-15-7-3-11-39(48)40-12-4-8-16-49(40)56/h1-31H. The highest BCUT2D eigenvalue weighted by atomic mass is 16.3. The first kappa shape index (κ1) is 31.3. The van der Waals surface area contributed by atoms with E-state index >= 15 is 0 Å². The molecule has 0 amide bonds. The van der Waals surface area contributed by atoms with Gasteiger partial charge in [-0.1, -0.05) is 84.9 Å². The van der Waals surface area contributed by atoms with Crippen LogP contribution in [0, 0.1) is 0 Å². The number of pyridine rings is 1. The van der Waals surface area contributed by atoms with Gasteiger partial charge in [0.1, 0.15) is 22.3 Å². The molecule has 270 valence electrons. The molecular formula is C53H31N3O2. The maximum atomic E-state index is 6.44. The SMILES string of the molecule is c1ccc2c(c1)c1ccccc1n2-c1ccc2oc3ccc(-c4ccncc4-c4ccc5oc6ccc(-n7c8ccccc8c8ccccc87)cc6c5c4)cc3c2c1. The third-order valence-electron chi connectivity index (χ3n) is 12.0. The van der Waals surface area contributed by atoms with E-state index in [9.17, 15) is 0 Å². The first-order chi connectivity index (χ1) is 28.7. The van der Waals surface area contributed by atoms with Gasteiger partial charge >= 0.3 is 0 Å². The van der Waals surface area contributed by atoms with Crippen LogP contribution in [0.15, 0.2) is 197 Å². The van der Waals surface area contributed by atoms with E-state index in [1.807, 2.05) is 12.4 Å². The summed E-state index contributed by atoms with van der Waals surface area (Å²) in [6, 6.07) is 62.6. The van der Waals surface area contributed by atoms with Gasteiger partial charge in [0.15, 0.2) is 0 Å². The molecule has 5 nitrogen and oxygen atoms in total. The molecule has 0 unspecified atom stereocenters. The zero-order valence-electron chi connectivity index (χ0n) is 31.1. The van der Waals surface area contributed by atoms with Crippen LogP contribution in [-0.2, 0) is 0 Å². The lowest BCUT2D eigenvalue weighted by Crippen LogP contribution is -1.93. The lowest BCUT2D eigenvalue weighted by molar-refractivity contribution is 0.668. The van der Waals surface area contributed by atoms with E-state index in [0.717, 1.165) is 77.5 Å². The Morgan fingerprint density at radius 2 is 0.707 bits per heavy atom. The molecule has 5 heteroatoms. The molecule has 0 aliphatic heterocycles. The van der Waals surface area contributed by atoms with Crippen LogP contribution in [0.3, 0.4) is 0 Å². The van der Waals surface area contributed by atoms with Crippen LogP contribution in [0.2, 0.25) is 0 Å². The van der Waals surface area contributed by atoms with Crippen LogP contribution < -0.4 is 0 Å². The molecular weight excluding hydrogens is 711 g/mol. The Hall–Kier alpha value is -7.89. The minimum atomic E-state index is 0.855.